The summed E-state index contributed by atoms with van der Waals surface area (Å²) < 4.78 is 40.6. The van der Waals surface area contributed by atoms with Gasteiger partial charge in [-0.3, -0.25) is 8.98 Å². The standard InChI is InChI=1S/C21H25NO8S/c1-13-8-10-15(11-9-13)31(26,27)29-12-16-18(23)19(24)17(21(28-2)30-16)22-20(25)14-6-4-3-5-7-14/h3-11,16-19,21,23-24H,12H2,1-2H3,(H,22,25)/t16-,17+,18+,19+,21-/m1/s1. The number of aryl methyl sites for hydroxylation is 1. The molecule has 0 aliphatic carbocycles. The maximum atomic E-state index is 12.4. The third-order valence-corrected chi connectivity index (χ3v) is 6.26. The Morgan fingerprint density at radius 1 is 1.06 bits per heavy atom. The second-order valence-corrected chi connectivity index (χ2v) is 8.79. The normalized spacial score (nSPS) is 26.4. The molecule has 3 rings (SSSR count). The van der Waals surface area contributed by atoms with E-state index < -0.39 is 53.3 Å². The molecule has 0 aromatic heterocycles. The second-order valence-electron chi connectivity index (χ2n) is 7.18. The smallest absolute Gasteiger partial charge is 0.297 e. The number of carbonyl (C=O) groups is 1. The van der Waals surface area contributed by atoms with Crippen molar-refractivity contribution in [3.63, 3.8) is 0 Å². The Kier molecular flexibility index (Phi) is 7.42. The van der Waals surface area contributed by atoms with Gasteiger partial charge < -0.3 is 25.0 Å². The van der Waals surface area contributed by atoms with Crippen molar-refractivity contribution < 1.29 is 37.1 Å². The van der Waals surface area contributed by atoms with E-state index in [2.05, 4.69) is 5.32 Å². The molecule has 2 aromatic rings. The van der Waals surface area contributed by atoms with Crippen LogP contribution in [0.15, 0.2) is 59.5 Å². The number of aliphatic hydroxyl groups excluding tert-OH is 2. The number of carbonyl (C=O) groups excluding carboxylic acids is 1. The van der Waals surface area contributed by atoms with Gasteiger partial charge in [-0.15, -0.1) is 0 Å². The number of hydrogen-bond acceptors (Lipinski definition) is 8. The van der Waals surface area contributed by atoms with Crippen molar-refractivity contribution in [1.29, 1.82) is 0 Å². The summed E-state index contributed by atoms with van der Waals surface area (Å²) in [7, 11) is -2.79. The van der Waals surface area contributed by atoms with E-state index in [0.717, 1.165) is 5.56 Å². The van der Waals surface area contributed by atoms with Crippen LogP contribution in [0.2, 0.25) is 0 Å². The summed E-state index contributed by atoms with van der Waals surface area (Å²) in [5.74, 6) is -0.487. The highest BCUT2D eigenvalue weighted by atomic mass is 32.2. The van der Waals surface area contributed by atoms with E-state index in [-0.39, 0.29) is 4.90 Å². The summed E-state index contributed by atoms with van der Waals surface area (Å²) in [5.41, 5.74) is 1.24. The van der Waals surface area contributed by atoms with Crippen LogP contribution in [0, 0.1) is 6.92 Å². The lowest BCUT2D eigenvalue weighted by Gasteiger charge is -2.42. The van der Waals surface area contributed by atoms with Crippen molar-refractivity contribution in [1.82, 2.24) is 5.32 Å². The number of benzene rings is 2. The van der Waals surface area contributed by atoms with Crippen molar-refractivity contribution in [3.05, 3.63) is 65.7 Å². The highest BCUT2D eigenvalue weighted by molar-refractivity contribution is 7.86. The number of nitrogens with one attached hydrogen (secondary N) is 1. The zero-order valence-corrected chi connectivity index (χ0v) is 17.9. The summed E-state index contributed by atoms with van der Waals surface area (Å²) in [4.78, 5) is 12.4. The molecule has 1 aliphatic rings. The number of methoxy groups -OCH3 is 1. The fraction of sp³-hybridized carbons (Fsp3) is 0.381. The SMILES string of the molecule is CO[C@@H]1O[C@H](COS(=O)(=O)c2ccc(C)cc2)[C@H](O)[C@@H](O)[C@@H]1NC(=O)c1ccccc1. The first-order valence-electron chi connectivity index (χ1n) is 9.59. The summed E-state index contributed by atoms with van der Waals surface area (Å²) in [6.45, 7) is 1.27. The maximum absolute atomic E-state index is 12.4. The molecule has 3 N–H and O–H groups in total. The van der Waals surface area contributed by atoms with Crippen molar-refractivity contribution in [2.75, 3.05) is 13.7 Å². The Balaban J connectivity index is 1.67. The van der Waals surface area contributed by atoms with E-state index in [1.54, 1.807) is 42.5 Å². The first-order chi connectivity index (χ1) is 14.7. The van der Waals surface area contributed by atoms with E-state index >= 15 is 0 Å². The molecule has 0 unspecified atom stereocenters. The molecule has 31 heavy (non-hydrogen) atoms. The molecule has 0 saturated carbocycles. The fourth-order valence-electron chi connectivity index (χ4n) is 3.18. The van der Waals surface area contributed by atoms with Crippen LogP contribution in [0.4, 0.5) is 0 Å². The lowest BCUT2D eigenvalue weighted by molar-refractivity contribution is -0.259. The van der Waals surface area contributed by atoms with Crippen LogP contribution < -0.4 is 5.32 Å². The number of hydrogen-bond donors (Lipinski definition) is 3. The molecule has 1 amide bonds. The Morgan fingerprint density at radius 2 is 1.71 bits per heavy atom. The molecule has 168 valence electrons. The number of ether oxygens (including phenoxy) is 2. The molecule has 1 fully saturated rings. The molecule has 1 saturated heterocycles. The molecule has 9 nitrogen and oxygen atoms in total. The highest BCUT2D eigenvalue weighted by Crippen LogP contribution is 2.24. The molecular formula is C21H25NO8S. The van der Waals surface area contributed by atoms with Crippen LogP contribution in [0.25, 0.3) is 0 Å². The van der Waals surface area contributed by atoms with Gasteiger partial charge in [0.15, 0.2) is 6.29 Å². The van der Waals surface area contributed by atoms with Crippen molar-refractivity contribution in [2.24, 2.45) is 0 Å². The van der Waals surface area contributed by atoms with Gasteiger partial charge in [-0.05, 0) is 31.2 Å². The zero-order valence-electron chi connectivity index (χ0n) is 17.0. The molecule has 2 aromatic carbocycles. The summed E-state index contributed by atoms with van der Waals surface area (Å²) in [6, 6.07) is 13.3. The average Bonchev–Trinajstić information content (AvgIpc) is 2.77. The van der Waals surface area contributed by atoms with Gasteiger partial charge in [0, 0.05) is 12.7 Å². The molecule has 0 radical (unpaired) electrons. The molecular weight excluding hydrogens is 426 g/mol. The van der Waals surface area contributed by atoms with Gasteiger partial charge in [0.1, 0.15) is 24.4 Å². The van der Waals surface area contributed by atoms with Crippen LogP contribution in [0.3, 0.4) is 0 Å². The summed E-state index contributed by atoms with van der Waals surface area (Å²) >= 11 is 0. The first kappa shape index (κ1) is 23.3. The molecule has 5 atom stereocenters. The van der Waals surface area contributed by atoms with Gasteiger partial charge in [0.25, 0.3) is 16.0 Å². The predicted octanol–water partition coefficient (Wildman–Crippen LogP) is 0.592. The topological polar surface area (TPSA) is 131 Å². The van der Waals surface area contributed by atoms with Crippen LogP contribution in [0.5, 0.6) is 0 Å². The summed E-state index contributed by atoms with van der Waals surface area (Å²) in [5, 5.41) is 23.6. The van der Waals surface area contributed by atoms with E-state index in [1.807, 2.05) is 6.92 Å². The molecule has 0 spiro atoms. The van der Waals surface area contributed by atoms with Crippen molar-refractivity contribution in [3.8, 4) is 0 Å². The largest absolute Gasteiger partial charge is 0.388 e. The van der Waals surface area contributed by atoms with Gasteiger partial charge in [0.2, 0.25) is 0 Å². The second kappa shape index (κ2) is 9.86. The van der Waals surface area contributed by atoms with Crippen LogP contribution in [-0.2, 0) is 23.8 Å². The Labute approximate surface area is 180 Å². The lowest BCUT2D eigenvalue weighted by Crippen LogP contribution is -2.64. The molecule has 1 heterocycles. The van der Waals surface area contributed by atoms with Gasteiger partial charge in [-0.1, -0.05) is 35.9 Å². The van der Waals surface area contributed by atoms with Crippen molar-refractivity contribution in [2.45, 2.75) is 42.5 Å². The van der Waals surface area contributed by atoms with E-state index in [1.165, 1.54) is 19.2 Å². The first-order valence-corrected chi connectivity index (χ1v) is 11.0. The number of rotatable bonds is 7. The molecule has 0 bridgehead atoms. The molecule has 10 heteroatoms. The lowest BCUT2D eigenvalue weighted by atomic mass is 9.96. The third kappa shape index (κ3) is 5.48. The minimum absolute atomic E-state index is 0.0414. The quantitative estimate of drug-likeness (QED) is 0.522. The van der Waals surface area contributed by atoms with E-state index in [0.29, 0.717) is 5.56 Å². The Hall–Kier alpha value is -2.34. The van der Waals surface area contributed by atoms with Crippen LogP contribution in [-0.4, -0.2) is 68.9 Å². The Morgan fingerprint density at radius 3 is 2.32 bits per heavy atom. The maximum Gasteiger partial charge on any atom is 0.297 e. The van der Waals surface area contributed by atoms with Gasteiger partial charge in [0.05, 0.1) is 11.5 Å². The zero-order chi connectivity index (χ0) is 22.6. The molecule has 1 aliphatic heterocycles. The van der Waals surface area contributed by atoms with Gasteiger partial charge >= 0.3 is 0 Å². The van der Waals surface area contributed by atoms with Crippen LogP contribution >= 0.6 is 0 Å². The minimum Gasteiger partial charge on any atom is -0.388 e. The van der Waals surface area contributed by atoms with Crippen LogP contribution in [0.1, 0.15) is 15.9 Å². The minimum atomic E-state index is -4.09. The monoisotopic (exact) mass is 451 g/mol. The fourth-order valence-corrected chi connectivity index (χ4v) is 4.10. The Bertz CT molecular complexity index is 978. The number of amides is 1. The highest BCUT2D eigenvalue weighted by Gasteiger charge is 2.46. The van der Waals surface area contributed by atoms with Gasteiger partial charge in [-0.25, -0.2) is 0 Å². The van der Waals surface area contributed by atoms with E-state index in [9.17, 15) is 23.4 Å². The third-order valence-electron chi connectivity index (χ3n) is 4.96. The summed E-state index contributed by atoms with van der Waals surface area (Å²) in [6.07, 6.45) is -5.35. The van der Waals surface area contributed by atoms with Gasteiger partial charge in [-0.2, -0.15) is 8.42 Å². The van der Waals surface area contributed by atoms with Crippen molar-refractivity contribution >= 4 is 16.0 Å². The van der Waals surface area contributed by atoms with E-state index in [4.69, 9.17) is 13.7 Å². The number of aliphatic hydroxyl groups is 2. The predicted molar refractivity (Wildman–Crippen MR) is 110 cm³/mol. The average molecular weight is 451 g/mol.